The summed E-state index contributed by atoms with van der Waals surface area (Å²) in [4.78, 5) is 37.4. The van der Waals surface area contributed by atoms with Gasteiger partial charge in [-0.25, -0.2) is 0 Å². The minimum atomic E-state index is -4.54. The van der Waals surface area contributed by atoms with E-state index in [-0.39, 0.29) is 16.8 Å². The van der Waals surface area contributed by atoms with Gasteiger partial charge in [-0.1, -0.05) is 17.7 Å². The first-order chi connectivity index (χ1) is 12.2. The summed E-state index contributed by atoms with van der Waals surface area (Å²) in [7, 11) is 0. The topological polar surface area (TPSA) is 66.5 Å². The van der Waals surface area contributed by atoms with E-state index in [1.54, 1.807) is 19.1 Å². The summed E-state index contributed by atoms with van der Waals surface area (Å²) in [5.41, 5.74) is 0.221. The van der Waals surface area contributed by atoms with E-state index < -0.39 is 36.0 Å². The van der Waals surface area contributed by atoms with Crippen LogP contribution in [0.25, 0.3) is 0 Å². The number of carbonyl (C=O) groups excluding carboxylic acids is 3. The number of alkyl halides is 3. The average Bonchev–Trinajstić information content (AvgIpc) is 2.79. The lowest BCUT2D eigenvalue weighted by Gasteiger charge is -2.14. The summed E-state index contributed by atoms with van der Waals surface area (Å²) in [5.74, 6) is -1.98. The van der Waals surface area contributed by atoms with Gasteiger partial charge in [-0.3, -0.25) is 19.3 Å². The highest BCUT2D eigenvalue weighted by molar-refractivity contribution is 6.22. The Morgan fingerprint density at radius 1 is 1.04 bits per heavy atom. The Balaban J connectivity index is 1.74. The molecule has 1 aliphatic rings. The molecule has 8 heteroatoms. The van der Waals surface area contributed by atoms with Crippen molar-refractivity contribution < 1.29 is 27.6 Å². The van der Waals surface area contributed by atoms with Crippen LogP contribution in [0.3, 0.4) is 0 Å². The van der Waals surface area contributed by atoms with E-state index >= 15 is 0 Å². The summed E-state index contributed by atoms with van der Waals surface area (Å²) >= 11 is 0. The molecule has 0 atom stereocenters. The normalized spacial score (nSPS) is 13.8. The SMILES string of the molecule is Cc1ccc2c(c1)C(=O)N(CC(=O)Nc1cccc(C(F)(F)F)c1)C2=O. The van der Waals surface area contributed by atoms with E-state index in [9.17, 15) is 27.6 Å². The van der Waals surface area contributed by atoms with Gasteiger partial charge in [0.05, 0.1) is 16.7 Å². The predicted octanol–water partition coefficient (Wildman–Crippen LogP) is 3.25. The van der Waals surface area contributed by atoms with Crippen molar-refractivity contribution in [3.8, 4) is 0 Å². The number of hydrogen-bond acceptors (Lipinski definition) is 3. The Morgan fingerprint density at radius 3 is 2.42 bits per heavy atom. The molecule has 0 fully saturated rings. The Labute approximate surface area is 146 Å². The van der Waals surface area contributed by atoms with E-state index in [0.717, 1.165) is 28.7 Å². The van der Waals surface area contributed by atoms with Crippen molar-refractivity contribution in [2.45, 2.75) is 13.1 Å². The number of nitrogens with zero attached hydrogens (tertiary/aromatic N) is 1. The van der Waals surface area contributed by atoms with Gasteiger partial charge in [0.25, 0.3) is 11.8 Å². The number of carbonyl (C=O) groups is 3. The second-order valence-electron chi connectivity index (χ2n) is 5.87. The number of imide groups is 1. The molecule has 0 radical (unpaired) electrons. The highest BCUT2D eigenvalue weighted by atomic mass is 19.4. The third-order valence-electron chi connectivity index (χ3n) is 3.90. The summed E-state index contributed by atoms with van der Waals surface area (Å²) in [6.45, 7) is 1.18. The molecule has 1 heterocycles. The summed E-state index contributed by atoms with van der Waals surface area (Å²) in [5, 5.41) is 2.28. The van der Waals surface area contributed by atoms with Gasteiger partial charge < -0.3 is 5.32 Å². The zero-order valence-electron chi connectivity index (χ0n) is 13.6. The minimum Gasteiger partial charge on any atom is -0.325 e. The molecular weight excluding hydrogens is 349 g/mol. The number of hydrogen-bond donors (Lipinski definition) is 1. The van der Waals surface area contributed by atoms with Crippen LogP contribution in [0, 0.1) is 6.92 Å². The molecule has 26 heavy (non-hydrogen) atoms. The fourth-order valence-electron chi connectivity index (χ4n) is 2.67. The third kappa shape index (κ3) is 3.30. The molecular formula is C18H13F3N2O3. The first kappa shape index (κ1) is 17.7. The van der Waals surface area contributed by atoms with Gasteiger partial charge in [0, 0.05) is 5.69 Å². The molecule has 1 aliphatic heterocycles. The van der Waals surface area contributed by atoms with Crippen molar-refractivity contribution in [3.05, 3.63) is 64.7 Å². The number of anilines is 1. The van der Waals surface area contributed by atoms with Crippen molar-refractivity contribution >= 4 is 23.4 Å². The number of rotatable bonds is 3. The first-order valence-corrected chi connectivity index (χ1v) is 7.61. The van der Waals surface area contributed by atoms with Crippen LogP contribution in [0.2, 0.25) is 0 Å². The van der Waals surface area contributed by atoms with E-state index in [2.05, 4.69) is 5.32 Å². The predicted molar refractivity (Wildman–Crippen MR) is 86.6 cm³/mol. The molecule has 5 nitrogen and oxygen atoms in total. The van der Waals surface area contributed by atoms with Crippen LogP contribution in [-0.4, -0.2) is 29.2 Å². The number of fused-ring (bicyclic) bond motifs is 1. The lowest BCUT2D eigenvalue weighted by molar-refractivity contribution is -0.137. The van der Waals surface area contributed by atoms with Crippen LogP contribution in [0.5, 0.6) is 0 Å². The molecule has 0 saturated carbocycles. The lowest BCUT2D eigenvalue weighted by atomic mass is 10.1. The zero-order valence-corrected chi connectivity index (χ0v) is 13.6. The quantitative estimate of drug-likeness (QED) is 0.853. The fourth-order valence-corrected chi connectivity index (χ4v) is 2.67. The van der Waals surface area contributed by atoms with E-state index in [1.807, 2.05) is 0 Å². The van der Waals surface area contributed by atoms with Crippen LogP contribution < -0.4 is 5.32 Å². The van der Waals surface area contributed by atoms with Crippen LogP contribution in [0.4, 0.5) is 18.9 Å². The van der Waals surface area contributed by atoms with Crippen LogP contribution in [0.1, 0.15) is 31.8 Å². The molecule has 3 rings (SSSR count). The smallest absolute Gasteiger partial charge is 0.325 e. The third-order valence-corrected chi connectivity index (χ3v) is 3.90. The molecule has 0 saturated heterocycles. The van der Waals surface area contributed by atoms with Gasteiger partial charge >= 0.3 is 6.18 Å². The van der Waals surface area contributed by atoms with Crippen molar-refractivity contribution in [1.29, 1.82) is 0 Å². The Hall–Kier alpha value is -3.16. The number of halogens is 3. The van der Waals surface area contributed by atoms with E-state index in [4.69, 9.17) is 0 Å². The van der Waals surface area contributed by atoms with Crippen molar-refractivity contribution in [3.63, 3.8) is 0 Å². The molecule has 2 aromatic carbocycles. The molecule has 0 aromatic heterocycles. The van der Waals surface area contributed by atoms with Crippen LogP contribution in [0.15, 0.2) is 42.5 Å². The Bertz CT molecular complexity index is 922. The number of benzene rings is 2. The first-order valence-electron chi connectivity index (χ1n) is 7.61. The largest absolute Gasteiger partial charge is 0.416 e. The average molecular weight is 362 g/mol. The molecule has 1 N–H and O–H groups in total. The number of nitrogens with one attached hydrogen (secondary N) is 1. The lowest BCUT2D eigenvalue weighted by Crippen LogP contribution is -2.37. The van der Waals surface area contributed by atoms with E-state index in [0.29, 0.717) is 0 Å². The Morgan fingerprint density at radius 2 is 1.73 bits per heavy atom. The fraction of sp³-hybridized carbons (Fsp3) is 0.167. The van der Waals surface area contributed by atoms with Crippen molar-refractivity contribution in [2.75, 3.05) is 11.9 Å². The van der Waals surface area contributed by atoms with Gasteiger partial charge in [-0.15, -0.1) is 0 Å². The molecule has 0 bridgehead atoms. The zero-order chi connectivity index (χ0) is 19.1. The van der Waals surface area contributed by atoms with Gasteiger partial charge in [-0.2, -0.15) is 13.2 Å². The van der Waals surface area contributed by atoms with Crippen LogP contribution in [-0.2, 0) is 11.0 Å². The second kappa shape index (κ2) is 6.29. The monoisotopic (exact) mass is 362 g/mol. The van der Waals surface area contributed by atoms with Crippen molar-refractivity contribution in [1.82, 2.24) is 4.90 Å². The molecule has 134 valence electrons. The number of aryl methyl sites for hydroxylation is 1. The van der Waals surface area contributed by atoms with Gasteiger partial charge in [0.2, 0.25) is 5.91 Å². The minimum absolute atomic E-state index is 0.0720. The molecule has 0 unspecified atom stereocenters. The summed E-state index contributed by atoms with van der Waals surface area (Å²) in [6.07, 6.45) is -4.54. The summed E-state index contributed by atoms with van der Waals surface area (Å²) < 4.78 is 38.1. The van der Waals surface area contributed by atoms with Gasteiger partial charge in [-0.05, 0) is 37.3 Å². The maximum Gasteiger partial charge on any atom is 0.416 e. The molecule has 0 aliphatic carbocycles. The standard InChI is InChI=1S/C18H13F3N2O3/c1-10-5-6-13-14(7-10)17(26)23(16(13)25)9-15(24)22-12-4-2-3-11(8-12)18(19,20)21/h2-8H,9H2,1H3,(H,22,24). The molecule has 3 amide bonds. The molecule has 2 aromatic rings. The second-order valence-corrected chi connectivity index (χ2v) is 5.87. The highest BCUT2D eigenvalue weighted by Gasteiger charge is 2.36. The van der Waals surface area contributed by atoms with Crippen molar-refractivity contribution in [2.24, 2.45) is 0 Å². The maximum atomic E-state index is 12.7. The molecule has 0 spiro atoms. The highest BCUT2D eigenvalue weighted by Crippen LogP contribution is 2.30. The summed E-state index contributed by atoms with van der Waals surface area (Å²) in [6, 6.07) is 8.85. The maximum absolute atomic E-state index is 12.7. The Kier molecular flexibility index (Phi) is 4.27. The number of amides is 3. The van der Waals surface area contributed by atoms with Crippen LogP contribution >= 0.6 is 0 Å². The van der Waals surface area contributed by atoms with E-state index in [1.165, 1.54) is 12.1 Å². The van der Waals surface area contributed by atoms with Gasteiger partial charge in [0.15, 0.2) is 0 Å². The van der Waals surface area contributed by atoms with Gasteiger partial charge in [0.1, 0.15) is 6.54 Å².